The minimum absolute atomic E-state index is 0.0398. The quantitative estimate of drug-likeness (QED) is 0.900. The van der Waals surface area contributed by atoms with Crippen LogP contribution < -0.4 is 15.4 Å². The number of benzene rings is 1. The van der Waals surface area contributed by atoms with Crippen LogP contribution in [0.4, 0.5) is 5.69 Å². The summed E-state index contributed by atoms with van der Waals surface area (Å²) < 4.78 is 5.37. The number of methoxy groups -OCH3 is 1. The zero-order valence-corrected chi connectivity index (χ0v) is 13.5. The second-order valence-corrected chi connectivity index (χ2v) is 6.70. The maximum atomic E-state index is 12.4. The highest BCUT2D eigenvalue weighted by atomic mass is 16.5. The van der Waals surface area contributed by atoms with Crippen LogP contribution in [0.1, 0.15) is 39.2 Å². The summed E-state index contributed by atoms with van der Waals surface area (Å²) in [4.78, 5) is 12.4. The van der Waals surface area contributed by atoms with Crippen LogP contribution >= 0.6 is 0 Å². The van der Waals surface area contributed by atoms with Crippen LogP contribution in [0.3, 0.4) is 0 Å². The van der Waals surface area contributed by atoms with Crippen LogP contribution in [0.15, 0.2) is 18.2 Å². The van der Waals surface area contributed by atoms with Crippen LogP contribution in [-0.4, -0.2) is 26.1 Å². The highest BCUT2D eigenvalue weighted by molar-refractivity contribution is 5.94. The van der Waals surface area contributed by atoms with Crippen molar-refractivity contribution in [3.05, 3.63) is 23.8 Å². The molecule has 2 N–H and O–H groups in total. The number of nitrogens with one attached hydrogen (secondary N) is 2. The average molecular weight is 290 g/mol. The van der Waals surface area contributed by atoms with E-state index in [4.69, 9.17) is 4.74 Å². The normalized spacial score (nSPS) is 19.1. The molecule has 1 fully saturated rings. The summed E-state index contributed by atoms with van der Waals surface area (Å²) in [5.74, 6) is 0.827. The first-order chi connectivity index (χ1) is 9.91. The van der Waals surface area contributed by atoms with E-state index < -0.39 is 0 Å². The van der Waals surface area contributed by atoms with E-state index in [2.05, 4.69) is 37.5 Å². The van der Waals surface area contributed by atoms with E-state index in [0.29, 0.717) is 5.75 Å². The first-order valence-corrected chi connectivity index (χ1v) is 7.62. The summed E-state index contributed by atoms with van der Waals surface area (Å²) in [5, 5.41) is 6.31. The molecule has 0 aromatic heterocycles. The van der Waals surface area contributed by atoms with E-state index in [1.165, 1.54) is 5.56 Å². The number of anilines is 1. The predicted octanol–water partition coefficient (Wildman–Crippen LogP) is 2.93. The van der Waals surface area contributed by atoms with E-state index >= 15 is 0 Å². The number of piperidine rings is 1. The molecule has 1 aromatic carbocycles. The Bertz CT molecular complexity index is 500. The van der Waals surface area contributed by atoms with Crippen molar-refractivity contribution < 1.29 is 9.53 Å². The van der Waals surface area contributed by atoms with Crippen molar-refractivity contribution in [3.8, 4) is 5.75 Å². The van der Waals surface area contributed by atoms with E-state index in [1.807, 2.05) is 12.1 Å². The van der Waals surface area contributed by atoms with Crippen LogP contribution in [0.25, 0.3) is 0 Å². The molecule has 0 spiro atoms. The van der Waals surface area contributed by atoms with Gasteiger partial charge in [-0.15, -0.1) is 0 Å². The van der Waals surface area contributed by atoms with Gasteiger partial charge in [0, 0.05) is 6.54 Å². The largest absolute Gasteiger partial charge is 0.495 e. The molecule has 1 atom stereocenters. The van der Waals surface area contributed by atoms with E-state index in [1.54, 1.807) is 7.11 Å². The van der Waals surface area contributed by atoms with Crippen LogP contribution in [0.2, 0.25) is 0 Å². The van der Waals surface area contributed by atoms with Gasteiger partial charge in [0.2, 0.25) is 5.91 Å². The van der Waals surface area contributed by atoms with Gasteiger partial charge in [-0.1, -0.05) is 26.8 Å². The zero-order valence-electron chi connectivity index (χ0n) is 13.5. The topological polar surface area (TPSA) is 50.4 Å². The SMILES string of the molecule is COc1ccc(C(C)(C)C)cc1NC(=O)[C@H]1CCCNC1. The van der Waals surface area contributed by atoms with Gasteiger partial charge in [0.1, 0.15) is 5.75 Å². The molecule has 21 heavy (non-hydrogen) atoms. The fraction of sp³-hybridized carbons (Fsp3) is 0.588. The minimum atomic E-state index is 0.0398. The Morgan fingerprint density at radius 3 is 2.71 bits per heavy atom. The van der Waals surface area contributed by atoms with E-state index in [9.17, 15) is 4.79 Å². The highest BCUT2D eigenvalue weighted by Crippen LogP contribution is 2.31. The first kappa shape index (κ1) is 15.8. The molecule has 4 heteroatoms. The molecule has 116 valence electrons. The Morgan fingerprint density at radius 1 is 1.38 bits per heavy atom. The standard InChI is InChI=1S/C17H26N2O2/c1-17(2,3)13-7-8-15(21-4)14(10-13)19-16(20)12-6-5-9-18-11-12/h7-8,10,12,18H,5-6,9,11H2,1-4H3,(H,19,20)/t12-/m0/s1. The van der Waals surface area contributed by atoms with Crippen molar-refractivity contribution in [2.45, 2.75) is 39.0 Å². The lowest BCUT2D eigenvalue weighted by atomic mass is 9.86. The zero-order chi connectivity index (χ0) is 15.5. The van der Waals surface area contributed by atoms with Crippen LogP contribution in [0.5, 0.6) is 5.75 Å². The van der Waals surface area contributed by atoms with Gasteiger partial charge in [0.25, 0.3) is 0 Å². The molecule has 1 aromatic rings. The predicted molar refractivity (Wildman–Crippen MR) is 85.9 cm³/mol. The molecular formula is C17H26N2O2. The van der Waals surface area contributed by atoms with Crippen molar-refractivity contribution in [1.82, 2.24) is 5.32 Å². The van der Waals surface area contributed by atoms with Gasteiger partial charge >= 0.3 is 0 Å². The molecule has 1 heterocycles. The maximum Gasteiger partial charge on any atom is 0.228 e. The first-order valence-electron chi connectivity index (χ1n) is 7.62. The van der Waals surface area contributed by atoms with Gasteiger partial charge in [0.15, 0.2) is 0 Å². The summed E-state index contributed by atoms with van der Waals surface area (Å²) >= 11 is 0. The third-order valence-electron chi connectivity index (χ3n) is 3.99. The van der Waals surface area contributed by atoms with Crippen molar-refractivity contribution in [2.75, 3.05) is 25.5 Å². The number of amides is 1. The number of ether oxygens (including phenoxy) is 1. The Balaban J connectivity index is 2.18. The van der Waals surface area contributed by atoms with Gasteiger partial charge in [-0.3, -0.25) is 4.79 Å². The summed E-state index contributed by atoms with van der Waals surface area (Å²) in [6.45, 7) is 8.24. The molecule has 1 amide bonds. The Morgan fingerprint density at radius 2 is 2.14 bits per heavy atom. The van der Waals surface area contributed by atoms with Crippen LogP contribution in [0, 0.1) is 5.92 Å². The van der Waals surface area contributed by atoms with Crippen molar-refractivity contribution in [2.24, 2.45) is 5.92 Å². The summed E-state index contributed by atoms with van der Waals surface area (Å²) in [5.41, 5.74) is 1.99. The number of carbonyl (C=O) groups excluding carboxylic acids is 1. The van der Waals surface area contributed by atoms with Crippen molar-refractivity contribution in [3.63, 3.8) is 0 Å². The third kappa shape index (κ3) is 3.97. The fourth-order valence-electron chi connectivity index (χ4n) is 2.58. The highest BCUT2D eigenvalue weighted by Gasteiger charge is 2.23. The van der Waals surface area contributed by atoms with Crippen molar-refractivity contribution in [1.29, 1.82) is 0 Å². The Hall–Kier alpha value is -1.55. The molecule has 1 aliphatic rings. The summed E-state index contributed by atoms with van der Waals surface area (Å²) in [6, 6.07) is 6.00. The average Bonchev–Trinajstić information content (AvgIpc) is 2.47. The lowest BCUT2D eigenvalue weighted by Crippen LogP contribution is -2.37. The molecule has 4 nitrogen and oxygen atoms in total. The van der Waals surface area contributed by atoms with Gasteiger partial charge in [0.05, 0.1) is 18.7 Å². The van der Waals surface area contributed by atoms with Crippen LogP contribution in [-0.2, 0) is 10.2 Å². The Kier molecular flexibility index (Phi) is 4.88. The van der Waals surface area contributed by atoms with Gasteiger partial charge < -0.3 is 15.4 Å². The van der Waals surface area contributed by atoms with Gasteiger partial charge in [-0.2, -0.15) is 0 Å². The smallest absolute Gasteiger partial charge is 0.228 e. The number of hydrogen-bond donors (Lipinski definition) is 2. The lowest BCUT2D eigenvalue weighted by Gasteiger charge is -2.24. The number of carbonyl (C=O) groups is 1. The van der Waals surface area contributed by atoms with E-state index in [-0.39, 0.29) is 17.2 Å². The molecule has 0 bridgehead atoms. The molecular weight excluding hydrogens is 264 g/mol. The monoisotopic (exact) mass is 290 g/mol. The van der Waals surface area contributed by atoms with Gasteiger partial charge in [-0.25, -0.2) is 0 Å². The second kappa shape index (κ2) is 6.48. The molecule has 0 saturated carbocycles. The third-order valence-corrected chi connectivity index (χ3v) is 3.99. The van der Waals surface area contributed by atoms with E-state index in [0.717, 1.165) is 31.6 Å². The maximum absolute atomic E-state index is 12.4. The second-order valence-electron chi connectivity index (χ2n) is 6.70. The summed E-state index contributed by atoms with van der Waals surface area (Å²) in [6.07, 6.45) is 2.00. The summed E-state index contributed by atoms with van der Waals surface area (Å²) in [7, 11) is 1.63. The van der Waals surface area contributed by atoms with Gasteiger partial charge in [-0.05, 0) is 42.5 Å². The minimum Gasteiger partial charge on any atom is -0.495 e. The molecule has 0 aliphatic carbocycles. The molecule has 1 aliphatic heterocycles. The Labute approximate surface area is 127 Å². The lowest BCUT2D eigenvalue weighted by molar-refractivity contribution is -0.120. The molecule has 0 unspecified atom stereocenters. The number of rotatable bonds is 3. The molecule has 2 rings (SSSR count). The fourth-order valence-corrected chi connectivity index (χ4v) is 2.58. The number of hydrogen-bond acceptors (Lipinski definition) is 3. The molecule has 0 radical (unpaired) electrons. The molecule has 1 saturated heterocycles. The van der Waals surface area contributed by atoms with Crippen molar-refractivity contribution >= 4 is 11.6 Å².